The van der Waals surface area contributed by atoms with Gasteiger partial charge in [0.15, 0.2) is 0 Å². The van der Waals surface area contributed by atoms with Gasteiger partial charge < -0.3 is 14.2 Å². The van der Waals surface area contributed by atoms with Crippen LogP contribution in [0.15, 0.2) is 36.9 Å². The Balaban J connectivity index is 2.48. The van der Waals surface area contributed by atoms with Crippen molar-refractivity contribution in [1.82, 2.24) is 0 Å². The molecule has 1 unspecified atom stereocenters. The molecule has 0 heterocycles. The third kappa shape index (κ3) is 4.79. The van der Waals surface area contributed by atoms with Crippen LogP contribution in [-0.2, 0) is 15.7 Å². The average Bonchev–Trinajstić information content (AvgIpc) is 2.25. The highest BCUT2D eigenvalue weighted by Gasteiger charge is 1.97. The molecule has 1 atom stereocenters. The molecule has 0 aliphatic rings. The van der Waals surface area contributed by atoms with Crippen LogP contribution in [0.5, 0.6) is 5.75 Å². The maximum absolute atomic E-state index is 10.3. The predicted molar refractivity (Wildman–Crippen MR) is 58.1 cm³/mol. The average molecular weight is 228 g/mol. The van der Waals surface area contributed by atoms with Crippen molar-refractivity contribution in [2.24, 2.45) is 0 Å². The Kier molecular flexibility index (Phi) is 5.12. The maximum atomic E-state index is 10.3. The van der Waals surface area contributed by atoms with E-state index >= 15 is 0 Å². The second-order valence-corrected chi connectivity index (χ2v) is 3.62. The first-order chi connectivity index (χ1) is 7.22. The van der Waals surface area contributed by atoms with Crippen molar-refractivity contribution < 1.29 is 18.7 Å². The molecule has 0 aliphatic heterocycles. The fourth-order valence-electron chi connectivity index (χ4n) is 0.982. The Bertz CT molecular complexity index is 334. The lowest BCUT2D eigenvalue weighted by Crippen LogP contribution is -1.93. The second kappa shape index (κ2) is 6.40. The smallest absolute Gasteiger partial charge is 0.316 e. The fraction of sp³-hybridized carbons (Fsp3) is 0.200. The number of hydrogen-bond donors (Lipinski definition) is 1. The third-order valence-electron chi connectivity index (χ3n) is 1.65. The molecule has 0 amide bonds. The molecule has 4 nitrogen and oxygen atoms in total. The van der Waals surface area contributed by atoms with Gasteiger partial charge in [-0.2, -0.15) is 0 Å². The highest BCUT2D eigenvalue weighted by molar-refractivity contribution is 7.32. The Labute approximate surface area is 89.1 Å². The first-order valence-corrected chi connectivity index (χ1v) is 5.67. The first kappa shape index (κ1) is 12.0. The molecule has 1 rings (SSSR count). The summed E-state index contributed by atoms with van der Waals surface area (Å²) < 4.78 is 20.2. The van der Waals surface area contributed by atoms with Crippen LogP contribution in [0.4, 0.5) is 0 Å². The van der Waals surface area contributed by atoms with Crippen LogP contribution in [-0.4, -0.2) is 11.5 Å². The van der Waals surface area contributed by atoms with Gasteiger partial charge in [0.05, 0.1) is 6.61 Å². The van der Waals surface area contributed by atoms with Crippen LogP contribution in [0, 0.1) is 0 Å². The van der Waals surface area contributed by atoms with E-state index < -0.39 is 8.25 Å². The summed E-state index contributed by atoms with van der Waals surface area (Å²) in [5.74, 6) is 0.732. The molecule has 1 N–H and O–H groups in total. The maximum Gasteiger partial charge on any atom is 0.316 e. The van der Waals surface area contributed by atoms with Crippen molar-refractivity contribution in [2.45, 2.75) is 6.61 Å². The van der Waals surface area contributed by atoms with Gasteiger partial charge in [0.1, 0.15) is 12.4 Å². The molecule has 1 aromatic carbocycles. The van der Waals surface area contributed by atoms with E-state index in [0.717, 1.165) is 11.3 Å². The lowest BCUT2D eigenvalue weighted by atomic mass is 10.2. The van der Waals surface area contributed by atoms with Gasteiger partial charge in [0.2, 0.25) is 0 Å². The SMILES string of the molecule is C=CCOc1ccc(CO[PH](=O)O)cc1. The Morgan fingerprint density at radius 2 is 2.07 bits per heavy atom. The van der Waals surface area contributed by atoms with Crippen LogP contribution < -0.4 is 4.74 Å². The van der Waals surface area contributed by atoms with E-state index in [-0.39, 0.29) is 6.61 Å². The quantitative estimate of drug-likeness (QED) is 0.598. The van der Waals surface area contributed by atoms with E-state index in [1.807, 2.05) is 0 Å². The van der Waals surface area contributed by atoms with Gasteiger partial charge in [-0.3, -0.25) is 4.57 Å². The van der Waals surface area contributed by atoms with Crippen molar-refractivity contribution in [3.63, 3.8) is 0 Å². The van der Waals surface area contributed by atoms with Crippen molar-refractivity contribution in [2.75, 3.05) is 6.61 Å². The largest absolute Gasteiger partial charge is 0.490 e. The zero-order chi connectivity index (χ0) is 11.1. The lowest BCUT2D eigenvalue weighted by Gasteiger charge is -2.04. The fourth-order valence-corrected chi connectivity index (χ4v) is 1.27. The second-order valence-electron chi connectivity index (χ2n) is 2.80. The predicted octanol–water partition coefficient (Wildman–Crippen LogP) is 2.15. The Morgan fingerprint density at radius 1 is 1.40 bits per heavy atom. The summed E-state index contributed by atoms with van der Waals surface area (Å²) >= 11 is 0. The normalized spacial score (nSPS) is 12.1. The summed E-state index contributed by atoms with van der Waals surface area (Å²) in [5.41, 5.74) is 0.827. The number of rotatable bonds is 6. The molecule has 0 aromatic heterocycles. The monoisotopic (exact) mass is 228 g/mol. The minimum atomic E-state index is -2.85. The van der Waals surface area contributed by atoms with Gasteiger partial charge in [-0.25, -0.2) is 0 Å². The standard InChI is InChI=1S/C10H13O4P/c1-2-7-13-10-5-3-9(4-6-10)8-14-15(11)12/h2-6,15H,1,7-8H2,(H,11,12). The minimum absolute atomic E-state index is 0.135. The van der Waals surface area contributed by atoms with Gasteiger partial charge in [-0.05, 0) is 17.7 Å². The molecule has 0 bridgehead atoms. The van der Waals surface area contributed by atoms with Gasteiger partial charge in [-0.15, -0.1) is 0 Å². The molecule has 15 heavy (non-hydrogen) atoms. The molecule has 5 heteroatoms. The van der Waals surface area contributed by atoms with E-state index in [1.54, 1.807) is 30.3 Å². The molecule has 82 valence electrons. The van der Waals surface area contributed by atoms with E-state index in [1.165, 1.54) is 0 Å². The summed E-state index contributed by atoms with van der Waals surface area (Å²) in [6, 6.07) is 7.11. The van der Waals surface area contributed by atoms with E-state index in [2.05, 4.69) is 11.1 Å². The van der Waals surface area contributed by atoms with E-state index in [9.17, 15) is 4.57 Å². The molecular formula is C10H13O4P. The molecule has 0 fully saturated rings. The molecule has 0 radical (unpaired) electrons. The van der Waals surface area contributed by atoms with Crippen molar-refractivity contribution >= 4 is 8.25 Å². The van der Waals surface area contributed by atoms with Gasteiger partial charge in [-0.1, -0.05) is 24.8 Å². The van der Waals surface area contributed by atoms with Crippen molar-refractivity contribution in [1.29, 1.82) is 0 Å². The van der Waals surface area contributed by atoms with Crippen LogP contribution in [0.2, 0.25) is 0 Å². The zero-order valence-corrected chi connectivity index (χ0v) is 9.18. The van der Waals surface area contributed by atoms with Crippen molar-refractivity contribution in [3.8, 4) is 5.75 Å². The van der Waals surface area contributed by atoms with E-state index in [0.29, 0.717) is 6.61 Å². The molecule has 1 aromatic rings. The number of hydrogen-bond acceptors (Lipinski definition) is 3. The number of benzene rings is 1. The van der Waals surface area contributed by atoms with Crippen LogP contribution in [0.3, 0.4) is 0 Å². The molecule has 0 aliphatic carbocycles. The highest BCUT2D eigenvalue weighted by Crippen LogP contribution is 2.19. The number of ether oxygens (including phenoxy) is 1. The van der Waals surface area contributed by atoms with Gasteiger partial charge >= 0.3 is 8.25 Å². The highest BCUT2D eigenvalue weighted by atomic mass is 31.1. The molecule has 0 spiro atoms. The van der Waals surface area contributed by atoms with Crippen LogP contribution in [0.1, 0.15) is 5.56 Å². The summed E-state index contributed by atoms with van der Waals surface area (Å²) in [6.07, 6.45) is 1.66. The first-order valence-electron chi connectivity index (χ1n) is 4.40. The minimum Gasteiger partial charge on any atom is -0.490 e. The Morgan fingerprint density at radius 3 is 2.60 bits per heavy atom. The summed E-state index contributed by atoms with van der Waals surface area (Å²) in [4.78, 5) is 8.47. The molecular weight excluding hydrogens is 215 g/mol. The van der Waals surface area contributed by atoms with Gasteiger partial charge in [0, 0.05) is 0 Å². The van der Waals surface area contributed by atoms with Gasteiger partial charge in [0.25, 0.3) is 0 Å². The van der Waals surface area contributed by atoms with E-state index in [4.69, 9.17) is 9.63 Å². The van der Waals surface area contributed by atoms with Crippen molar-refractivity contribution in [3.05, 3.63) is 42.5 Å². The zero-order valence-electron chi connectivity index (χ0n) is 8.18. The topological polar surface area (TPSA) is 55.8 Å². The Hall–Kier alpha value is -1.09. The van der Waals surface area contributed by atoms with Crippen LogP contribution in [0.25, 0.3) is 0 Å². The summed E-state index contributed by atoms with van der Waals surface area (Å²) in [7, 11) is -2.85. The molecule has 0 saturated carbocycles. The summed E-state index contributed by atoms with van der Waals surface area (Å²) in [6.45, 7) is 4.13. The lowest BCUT2D eigenvalue weighted by molar-refractivity contribution is 0.272. The third-order valence-corrected chi connectivity index (χ3v) is 2.04. The molecule has 0 saturated heterocycles. The summed E-state index contributed by atoms with van der Waals surface area (Å²) in [5, 5.41) is 0. The van der Waals surface area contributed by atoms with Crippen LogP contribution >= 0.6 is 8.25 Å².